The van der Waals surface area contributed by atoms with Gasteiger partial charge in [-0.1, -0.05) is 30.3 Å². The number of nitrogen functional groups attached to an aromatic ring is 1. The van der Waals surface area contributed by atoms with Crippen LogP contribution in [0.15, 0.2) is 36.7 Å². The number of hydrazine groups is 1. The molecular formula is C16H24N6. The van der Waals surface area contributed by atoms with Gasteiger partial charge in [-0.05, 0) is 33.3 Å². The highest BCUT2D eigenvalue weighted by molar-refractivity contribution is 5.74. The van der Waals surface area contributed by atoms with Gasteiger partial charge >= 0.3 is 0 Å². The van der Waals surface area contributed by atoms with Gasteiger partial charge in [0.05, 0.1) is 6.04 Å². The van der Waals surface area contributed by atoms with E-state index in [-0.39, 0.29) is 11.6 Å². The van der Waals surface area contributed by atoms with E-state index in [4.69, 9.17) is 5.73 Å². The number of hydrogen-bond acceptors (Lipinski definition) is 6. The first kappa shape index (κ1) is 16.0. The molecule has 6 heteroatoms. The summed E-state index contributed by atoms with van der Waals surface area (Å²) in [6.45, 7) is 8.22. The Labute approximate surface area is 131 Å². The van der Waals surface area contributed by atoms with Crippen molar-refractivity contribution in [3.05, 3.63) is 42.2 Å². The molecule has 0 aliphatic heterocycles. The molecule has 0 fully saturated rings. The third-order valence-corrected chi connectivity index (χ3v) is 3.09. The first-order valence-corrected chi connectivity index (χ1v) is 7.32. The Morgan fingerprint density at radius 3 is 2.32 bits per heavy atom. The number of nitrogens with one attached hydrogen (secondary N) is 3. The van der Waals surface area contributed by atoms with Gasteiger partial charge in [0.1, 0.15) is 12.0 Å². The number of hydrogen-bond donors (Lipinski definition) is 4. The maximum absolute atomic E-state index is 6.15. The van der Waals surface area contributed by atoms with Crippen LogP contribution in [0.4, 0.5) is 17.3 Å². The maximum Gasteiger partial charge on any atom is 0.169 e. The Hall–Kier alpha value is -2.34. The lowest BCUT2D eigenvalue weighted by Crippen LogP contribution is -2.40. The van der Waals surface area contributed by atoms with E-state index in [2.05, 4.69) is 45.2 Å². The highest BCUT2D eigenvalue weighted by Crippen LogP contribution is 2.26. The Morgan fingerprint density at radius 1 is 1.05 bits per heavy atom. The van der Waals surface area contributed by atoms with Crippen LogP contribution >= 0.6 is 0 Å². The highest BCUT2D eigenvalue weighted by Gasteiger charge is 2.14. The van der Waals surface area contributed by atoms with Crippen LogP contribution in [-0.2, 0) is 0 Å². The zero-order valence-corrected chi connectivity index (χ0v) is 13.5. The van der Waals surface area contributed by atoms with E-state index in [0.29, 0.717) is 17.3 Å². The molecule has 1 aromatic carbocycles. The molecule has 0 radical (unpaired) electrons. The molecule has 0 spiro atoms. The molecule has 1 heterocycles. The summed E-state index contributed by atoms with van der Waals surface area (Å²) in [5.74, 6) is 1.18. The lowest BCUT2D eigenvalue weighted by molar-refractivity contribution is 0.464. The number of benzene rings is 1. The molecule has 1 atom stereocenters. The van der Waals surface area contributed by atoms with Crippen molar-refractivity contribution in [3.8, 4) is 0 Å². The summed E-state index contributed by atoms with van der Waals surface area (Å²) in [5, 5.41) is 3.32. The zero-order chi connectivity index (χ0) is 16.2. The molecule has 0 amide bonds. The van der Waals surface area contributed by atoms with Crippen molar-refractivity contribution in [2.24, 2.45) is 0 Å². The fourth-order valence-corrected chi connectivity index (χ4v) is 1.89. The van der Waals surface area contributed by atoms with Crippen molar-refractivity contribution in [1.29, 1.82) is 0 Å². The Kier molecular flexibility index (Phi) is 4.82. The lowest BCUT2D eigenvalue weighted by Gasteiger charge is -2.23. The molecule has 1 aromatic heterocycles. The normalized spacial score (nSPS) is 12.7. The molecule has 0 aliphatic rings. The monoisotopic (exact) mass is 300 g/mol. The highest BCUT2D eigenvalue weighted by atomic mass is 15.4. The predicted molar refractivity (Wildman–Crippen MR) is 91.4 cm³/mol. The fourth-order valence-electron chi connectivity index (χ4n) is 1.89. The van der Waals surface area contributed by atoms with Crippen LogP contribution < -0.4 is 21.9 Å². The van der Waals surface area contributed by atoms with E-state index in [1.165, 1.54) is 11.9 Å². The summed E-state index contributed by atoms with van der Waals surface area (Å²) < 4.78 is 0. The van der Waals surface area contributed by atoms with Gasteiger partial charge in [-0.2, -0.15) is 0 Å². The standard InChI is InChI=1S/C16H24N6/c1-11(12-8-6-5-7-9-12)20-14-13(17)15(19-10-18-14)21-22-16(2,3)4/h5-11,22H,17H2,1-4H3,(H2,18,19,20,21). The number of nitrogens with two attached hydrogens (primary N) is 1. The topological polar surface area (TPSA) is 87.9 Å². The van der Waals surface area contributed by atoms with Crippen molar-refractivity contribution in [3.63, 3.8) is 0 Å². The van der Waals surface area contributed by atoms with Gasteiger partial charge in [0, 0.05) is 5.54 Å². The summed E-state index contributed by atoms with van der Waals surface area (Å²) >= 11 is 0. The molecule has 118 valence electrons. The summed E-state index contributed by atoms with van der Waals surface area (Å²) in [5.41, 5.74) is 13.9. The number of anilines is 3. The van der Waals surface area contributed by atoms with Crippen LogP contribution in [0.2, 0.25) is 0 Å². The molecule has 22 heavy (non-hydrogen) atoms. The van der Waals surface area contributed by atoms with Crippen molar-refractivity contribution in [2.75, 3.05) is 16.5 Å². The first-order chi connectivity index (χ1) is 10.4. The third kappa shape index (κ3) is 4.33. The van der Waals surface area contributed by atoms with E-state index < -0.39 is 0 Å². The average molecular weight is 300 g/mol. The summed E-state index contributed by atoms with van der Waals surface area (Å²) in [6.07, 6.45) is 1.49. The zero-order valence-electron chi connectivity index (χ0n) is 13.5. The van der Waals surface area contributed by atoms with E-state index in [1.807, 2.05) is 39.0 Å². The molecule has 0 saturated carbocycles. The van der Waals surface area contributed by atoms with Gasteiger partial charge in [-0.15, -0.1) is 0 Å². The predicted octanol–water partition coefficient (Wildman–Crippen LogP) is 2.95. The van der Waals surface area contributed by atoms with Crippen LogP contribution in [0.3, 0.4) is 0 Å². The number of nitrogens with zero attached hydrogens (tertiary/aromatic N) is 2. The summed E-state index contributed by atoms with van der Waals surface area (Å²) in [4.78, 5) is 8.41. The molecule has 0 saturated heterocycles. The SMILES string of the molecule is CC(Nc1ncnc(NNC(C)(C)C)c1N)c1ccccc1. The van der Waals surface area contributed by atoms with Crippen molar-refractivity contribution >= 4 is 17.3 Å². The molecule has 6 nitrogen and oxygen atoms in total. The minimum atomic E-state index is -0.0949. The van der Waals surface area contributed by atoms with E-state index in [9.17, 15) is 0 Å². The van der Waals surface area contributed by atoms with Crippen LogP contribution in [0.25, 0.3) is 0 Å². The lowest BCUT2D eigenvalue weighted by atomic mass is 10.1. The second-order valence-corrected chi connectivity index (χ2v) is 6.26. The van der Waals surface area contributed by atoms with Crippen molar-refractivity contribution < 1.29 is 0 Å². The quantitative estimate of drug-likeness (QED) is 0.635. The minimum Gasteiger partial charge on any atom is -0.393 e. The van der Waals surface area contributed by atoms with Crippen LogP contribution in [0, 0.1) is 0 Å². The summed E-state index contributed by atoms with van der Waals surface area (Å²) in [7, 11) is 0. The second-order valence-electron chi connectivity index (χ2n) is 6.26. The van der Waals surface area contributed by atoms with Gasteiger partial charge in [0.15, 0.2) is 11.6 Å². The Balaban J connectivity index is 2.12. The number of rotatable bonds is 5. The molecule has 0 bridgehead atoms. The fraction of sp³-hybridized carbons (Fsp3) is 0.375. The van der Waals surface area contributed by atoms with Gasteiger partial charge in [0.25, 0.3) is 0 Å². The number of aromatic nitrogens is 2. The smallest absolute Gasteiger partial charge is 0.169 e. The molecule has 2 rings (SSSR count). The summed E-state index contributed by atoms with van der Waals surface area (Å²) in [6, 6.07) is 10.2. The minimum absolute atomic E-state index is 0.0949. The average Bonchev–Trinajstić information content (AvgIpc) is 2.48. The van der Waals surface area contributed by atoms with Crippen LogP contribution in [0.1, 0.15) is 39.3 Å². The first-order valence-electron chi connectivity index (χ1n) is 7.32. The van der Waals surface area contributed by atoms with E-state index >= 15 is 0 Å². The van der Waals surface area contributed by atoms with Crippen LogP contribution in [0.5, 0.6) is 0 Å². The van der Waals surface area contributed by atoms with Gasteiger partial charge in [-0.3, -0.25) is 0 Å². The largest absolute Gasteiger partial charge is 0.393 e. The van der Waals surface area contributed by atoms with Crippen molar-refractivity contribution in [1.82, 2.24) is 15.4 Å². The molecule has 0 aliphatic carbocycles. The van der Waals surface area contributed by atoms with E-state index in [1.54, 1.807) is 0 Å². The van der Waals surface area contributed by atoms with Gasteiger partial charge < -0.3 is 16.5 Å². The van der Waals surface area contributed by atoms with Gasteiger partial charge in [-0.25, -0.2) is 15.4 Å². The molecular weight excluding hydrogens is 276 g/mol. The molecule has 1 unspecified atom stereocenters. The van der Waals surface area contributed by atoms with Crippen molar-refractivity contribution in [2.45, 2.75) is 39.3 Å². The molecule has 5 N–H and O–H groups in total. The Bertz CT molecular complexity index is 606. The van der Waals surface area contributed by atoms with Gasteiger partial charge in [0.2, 0.25) is 0 Å². The second kappa shape index (κ2) is 6.62. The third-order valence-electron chi connectivity index (χ3n) is 3.09. The Morgan fingerprint density at radius 2 is 1.68 bits per heavy atom. The van der Waals surface area contributed by atoms with Crippen LogP contribution in [-0.4, -0.2) is 15.5 Å². The van der Waals surface area contributed by atoms with E-state index in [0.717, 1.165) is 0 Å². The maximum atomic E-state index is 6.15. The molecule has 2 aromatic rings.